The first-order valence-corrected chi connectivity index (χ1v) is 6.19. The largest absolute Gasteiger partial charge is 0.376 e. The van der Waals surface area contributed by atoms with Crippen molar-refractivity contribution in [2.45, 2.75) is 45.4 Å². The van der Waals surface area contributed by atoms with Crippen molar-refractivity contribution in [1.29, 1.82) is 0 Å². The summed E-state index contributed by atoms with van der Waals surface area (Å²) >= 11 is 0. The van der Waals surface area contributed by atoms with Crippen LogP contribution < -0.4 is 5.73 Å². The van der Waals surface area contributed by atoms with Crippen LogP contribution in [0.3, 0.4) is 0 Å². The third-order valence-electron chi connectivity index (χ3n) is 3.31. The lowest BCUT2D eigenvalue weighted by Gasteiger charge is -2.14. The number of aromatic nitrogens is 1. The number of hydrogen-bond acceptors (Lipinski definition) is 2. The second-order valence-electron chi connectivity index (χ2n) is 5.05. The average Bonchev–Trinajstić information content (AvgIpc) is 2.88. The lowest BCUT2D eigenvalue weighted by atomic mass is 10.00. The van der Waals surface area contributed by atoms with Gasteiger partial charge in [0.1, 0.15) is 0 Å². The molecule has 2 unspecified atom stereocenters. The minimum absolute atomic E-state index is 0.144. The monoisotopic (exact) mass is 222 g/mol. The summed E-state index contributed by atoms with van der Waals surface area (Å²) in [6, 6.07) is 2.27. The third-order valence-corrected chi connectivity index (χ3v) is 3.31. The SMILES string of the molecule is CC(C)C(N)c1ccn(CC2CCCO2)c1. The Morgan fingerprint density at radius 1 is 1.56 bits per heavy atom. The summed E-state index contributed by atoms with van der Waals surface area (Å²) in [5, 5.41) is 0. The van der Waals surface area contributed by atoms with E-state index in [0.29, 0.717) is 12.0 Å². The van der Waals surface area contributed by atoms with E-state index in [9.17, 15) is 0 Å². The molecule has 1 aliphatic rings. The van der Waals surface area contributed by atoms with E-state index in [2.05, 4.69) is 36.9 Å². The Morgan fingerprint density at radius 2 is 2.38 bits per heavy atom. The number of ether oxygens (including phenoxy) is 1. The molecule has 90 valence electrons. The molecule has 0 radical (unpaired) electrons. The Kier molecular flexibility index (Phi) is 3.66. The van der Waals surface area contributed by atoms with Crippen LogP contribution in [0.2, 0.25) is 0 Å². The van der Waals surface area contributed by atoms with E-state index in [1.54, 1.807) is 0 Å². The van der Waals surface area contributed by atoms with Crippen molar-refractivity contribution >= 4 is 0 Å². The van der Waals surface area contributed by atoms with Crippen LogP contribution in [0.5, 0.6) is 0 Å². The van der Waals surface area contributed by atoms with Crippen molar-refractivity contribution in [3.63, 3.8) is 0 Å². The average molecular weight is 222 g/mol. The zero-order valence-electron chi connectivity index (χ0n) is 10.2. The zero-order valence-corrected chi connectivity index (χ0v) is 10.2. The van der Waals surface area contributed by atoms with Gasteiger partial charge in [-0.25, -0.2) is 0 Å². The second-order valence-corrected chi connectivity index (χ2v) is 5.05. The molecule has 2 atom stereocenters. The smallest absolute Gasteiger partial charge is 0.0754 e. The summed E-state index contributed by atoms with van der Waals surface area (Å²) in [7, 11) is 0. The highest BCUT2D eigenvalue weighted by molar-refractivity contribution is 5.15. The highest BCUT2D eigenvalue weighted by Crippen LogP contribution is 2.20. The van der Waals surface area contributed by atoms with Gasteiger partial charge in [-0.15, -0.1) is 0 Å². The summed E-state index contributed by atoms with van der Waals surface area (Å²) in [5.74, 6) is 0.485. The molecule has 16 heavy (non-hydrogen) atoms. The number of nitrogens with two attached hydrogens (primary N) is 1. The molecule has 1 aromatic rings. The molecule has 1 aliphatic heterocycles. The maximum Gasteiger partial charge on any atom is 0.0754 e. The van der Waals surface area contributed by atoms with Crippen molar-refractivity contribution < 1.29 is 4.74 Å². The van der Waals surface area contributed by atoms with Crippen molar-refractivity contribution in [2.75, 3.05) is 6.61 Å². The zero-order chi connectivity index (χ0) is 11.5. The van der Waals surface area contributed by atoms with Gasteiger partial charge in [0, 0.05) is 31.6 Å². The van der Waals surface area contributed by atoms with Crippen molar-refractivity contribution in [3.8, 4) is 0 Å². The first-order chi connectivity index (χ1) is 7.66. The van der Waals surface area contributed by atoms with E-state index in [1.807, 2.05) is 0 Å². The van der Waals surface area contributed by atoms with Gasteiger partial charge in [0.15, 0.2) is 0 Å². The number of nitrogens with zero attached hydrogens (tertiary/aromatic N) is 1. The molecule has 0 spiro atoms. The Bertz CT molecular complexity index is 326. The minimum Gasteiger partial charge on any atom is -0.376 e. The topological polar surface area (TPSA) is 40.2 Å². The van der Waals surface area contributed by atoms with Gasteiger partial charge in [0.05, 0.1) is 6.10 Å². The highest BCUT2D eigenvalue weighted by Gasteiger charge is 2.17. The molecular weight excluding hydrogens is 200 g/mol. The molecule has 2 heterocycles. The summed E-state index contributed by atoms with van der Waals surface area (Å²) in [5.41, 5.74) is 7.34. The van der Waals surface area contributed by atoms with E-state index in [1.165, 1.54) is 18.4 Å². The summed E-state index contributed by atoms with van der Waals surface area (Å²) in [6.07, 6.45) is 7.05. The number of hydrogen-bond donors (Lipinski definition) is 1. The molecule has 1 aromatic heterocycles. The minimum atomic E-state index is 0.144. The molecule has 2 N–H and O–H groups in total. The standard InChI is InChI=1S/C13H22N2O/c1-10(2)13(14)11-5-6-15(8-11)9-12-4-3-7-16-12/h5-6,8,10,12-13H,3-4,7,9,14H2,1-2H3. The van der Waals surface area contributed by atoms with Crippen LogP contribution in [0.15, 0.2) is 18.5 Å². The predicted molar refractivity (Wildman–Crippen MR) is 65.2 cm³/mol. The van der Waals surface area contributed by atoms with Crippen molar-refractivity contribution in [1.82, 2.24) is 4.57 Å². The Hall–Kier alpha value is -0.800. The van der Waals surface area contributed by atoms with Gasteiger partial charge in [0.25, 0.3) is 0 Å². The maximum atomic E-state index is 6.11. The van der Waals surface area contributed by atoms with E-state index in [4.69, 9.17) is 10.5 Å². The molecule has 1 saturated heterocycles. The fourth-order valence-corrected chi connectivity index (χ4v) is 2.18. The van der Waals surface area contributed by atoms with Gasteiger partial charge in [-0.2, -0.15) is 0 Å². The fourth-order valence-electron chi connectivity index (χ4n) is 2.18. The first-order valence-electron chi connectivity index (χ1n) is 6.19. The molecule has 3 heteroatoms. The van der Waals surface area contributed by atoms with Crippen LogP contribution in [0, 0.1) is 5.92 Å². The molecule has 0 saturated carbocycles. The molecular formula is C13H22N2O. The molecule has 0 aliphatic carbocycles. The third kappa shape index (κ3) is 2.66. The van der Waals surface area contributed by atoms with Crippen molar-refractivity contribution in [3.05, 3.63) is 24.0 Å². The van der Waals surface area contributed by atoms with Gasteiger partial charge >= 0.3 is 0 Å². The predicted octanol–water partition coefficient (Wildman–Crippen LogP) is 2.32. The van der Waals surface area contributed by atoms with Crippen LogP contribution in [0.1, 0.15) is 38.3 Å². The molecule has 2 rings (SSSR count). The van der Waals surface area contributed by atoms with E-state index in [-0.39, 0.29) is 6.04 Å². The Morgan fingerprint density at radius 3 is 3.00 bits per heavy atom. The number of rotatable bonds is 4. The summed E-state index contributed by atoms with van der Waals surface area (Å²) in [4.78, 5) is 0. The summed E-state index contributed by atoms with van der Waals surface area (Å²) < 4.78 is 7.82. The first kappa shape index (κ1) is 11.7. The quantitative estimate of drug-likeness (QED) is 0.849. The molecule has 1 fully saturated rings. The highest BCUT2D eigenvalue weighted by atomic mass is 16.5. The molecule has 3 nitrogen and oxygen atoms in total. The molecule has 0 aromatic carbocycles. The van der Waals surface area contributed by atoms with Crippen LogP contribution in [0.25, 0.3) is 0 Å². The second kappa shape index (κ2) is 5.02. The molecule has 0 bridgehead atoms. The fraction of sp³-hybridized carbons (Fsp3) is 0.692. The lowest BCUT2D eigenvalue weighted by Crippen LogP contribution is -2.17. The van der Waals surface area contributed by atoms with Gasteiger partial charge in [-0.3, -0.25) is 0 Å². The summed E-state index contributed by atoms with van der Waals surface area (Å²) in [6.45, 7) is 6.19. The lowest BCUT2D eigenvalue weighted by molar-refractivity contribution is 0.0971. The van der Waals surface area contributed by atoms with Gasteiger partial charge in [-0.1, -0.05) is 13.8 Å². The van der Waals surface area contributed by atoms with Crippen LogP contribution in [-0.4, -0.2) is 17.3 Å². The maximum absolute atomic E-state index is 6.11. The molecule has 0 amide bonds. The van der Waals surface area contributed by atoms with Gasteiger partial charge in [-0.05, 0) is 30.4 Å². The van der Waals surface area contributed by atoms with Crippen LogP contribution in [-0.2, 0) is 11.3 Å². The Labute approximate surface area is 97.6 Å². The van der Waals surface area contributed by atoms with Crippen LogP contribution in [0.4, 0.5) is 0 Å². The van der Waals surface area contributed by atoms with E-state index in [0.717, 1.165) is 13.2 Å². The normalized spacial score (nSPS) is 22.9. The van der Waals surface area contributed by atoms with Crippen LogP contribution >= 0.6 is 0 Å². The van der Waals surface area contributed by atoms with Gasteiger partial charge in [0.2, 0.25) is 0 Å². The van der Waals surface area contributed by atoms with E-state index >= 15 is 0 Å². The Balaban J connectivity index is 1.96. The van der Waals surface area contributed by atoms with Gasteiger partial charge < -0.3 is 15.0 Å². The van der Waals surface area contributed by atoms with Crippen molar-refractivity contribution in [2.24, 2.45) is 11.7 Å². The van der Waals surface area contributed by atoms with E-state index < -0.39 is 0 Å².